The third kappa shape index (κ3) is 3.50. The van der Waals surface area contributed by atoms with Crippen molar-refractivity contribution in [2.75, 3.05) is 0 Å². The maximum atomic E-state index is 12.3. The summed E-state index contributed by atoms with van der Waals surface area (Å²) in [5, 5.41) is 0. The van der Waals surface area contributed by atoms with Crippen molar-refractivity contribution < 1.29 is 18.0 Å². The van der Waals surface area contributed by atoms with Gasteiger partial charge < -0.3 is 0 Å². The minimum Gasteiger partial charge on any atom is -0.298 e. The van der Waals surface area contributed by atoms with Gasteiger partial charge in [-0.3, -0.25) is 4.84 Å². The van der Waals surface area contributed by atoms with Crippen LogP contribution in [0.15, 0.2) is 24.3 Å². The number of hydrogen-bond donors (Lipinski definition) is 1. The summed E-state index contributed by atoms with van der Waals surface area (Å²) in [5.41, 5.74) is -0.481. The molecule has 2 nitrogen and oxygen atoms in total. The molecule has 0 amide bonds. The number of benzene rings is 1. The molecule has 0 aliphatic rings. The van der Waals surface area contributed by atoms with Gasteiger partial charge in [0.25, 0.3) is 0 Å². The average Bonchev–Trinajstić information content (AvgIpc) is 2.16. The van der Waals surface area contributed by atoms with Crippen molar-refractivity contribution in [2.24, 2.45) is 5.90 Å². The van der Waals surface area contributed by atoms with Gasteiger partial charge in [0.05, 0.1) is 11.2 Å². The summed E-state index contributed by atoms with van der Waals surface area (Å²) in [5.74, 6) is 5.07. The van der Waals surface area contributed by atoms with Gasteiger partial charge in [0.2, 0.25) is 0 Å². The van der Waals surface area contributed by atoms with Crippen molar-refractivity contribution in [1.29, 1.82) is 0 Å². The van der Waals surface area contributed by atoms with Gasteiger partial charge in [-0.1, -0.05) is 12.1 Å². The summed E-state index contributed by atoms with van der Waals surface area (Å²) in [7, 11) is 0. The molecule has 0 atom stereocenters. The van der Waals surface area contributed by atoms with Gasteiger partial charge in [-0.05, 0) is 31.5 Å². The number of halogens is 3. The molecule has 0 aliphatic heterocycles. The predicted molar refractivity (Wildman–Crippen MR) is 54.5 cm³/mol. The van der Waals surface area contributed by atoms with Crippen LogP contribution in [0.2, 0.25) is 0 Å². The topological polar surface area (TPSA) is 35.2 Å². The van der Waals surface area contributed by atoms with Crippen LogP contribution in [0.1, 0.15) is 25.0 Å². The fraction of sp³-hybridized carbons (Fsp3) is 0.455. The van der Waals surface area contributed by atoms with Gasteiger partial charge in [-0.2, -0.15) is 13.2 Å². The lowest BCUT2D eigenvalue weighted by Gasteiger charge is -2.21. The van der Waals surface area contributed by atoms with Crippen molar-refractivity contribution in [1.82, 2.24) is 0 Å². The van der Waals surface area contributed by atoms with Crippen LogP contribution >= 0.6 is 0 Å². The fourth-order valence-electron chi connectivity index (χ4n) is 1.34. The highest BCUT2D eigenvalue weighted by Gasteiger charge is 2.30. The largest absolute Gasteiger partial charge is 0.416 e. The maximum Gasteiger partial charge on any atom is 0.416 e. The zero-order valence-corrected chi connectivity index (χ0v) is 9.14. The molecule has 0 heterocycles. The molecular weight excluding hydrogens is 219 g/mol. The first-order valence-corrected chi connectivity index (χ1v) is 4.79. The first kappa shape index (κ1) is 13.0. The Hall–Kier alpha value is -1.07. The summed E-state index contributed by atoms with van der Waals surface area (Å²) in [6, 6.07) is 4.98. The molecule has 5 heteroatoms. The normalized spacial score (nSPS) is 12.9. The van der Waals surface area contributed by atoms with Gasteiger partial charge in [0.1, 0.15) is 0 Å². The van der Waals surface area contributed by atoms with Crippen LogP contribution in [0.25, 0.3) is 0 Å². The van der Waals surface area contributed by atoms with Crippen LogP contribution in [0, 0.1) is 0 Å². The summed E-state index contributed by atoms with van der Waals surface area (Å²) in [6.07, 6.45) is -3.83. The van der Waals surface area contributed by atoms with E-state index in [9.17, 15) is 13.2 Å². The van der Waals surface area contributed by atoms with Crippen molar-refractivity contribution in [3.05, 3.63) is 35.4 Å². The van der Waals surface area contributed by atoms with E-state index in [0.717, 1.165) is 17.7 Å². The molecule has 0 unspecified atom stereocenters. The molecule has 90 valence electrons. The van der Waals surface area contributed by atoms with E-state index in [0.29, 0.717) is 6.42 Å². The molecule has 1 aromatic carbocycles. The van der Waals surface area contributed by atoms with E-state index >= 15 is 0 Å². The minimum absolute atomic E-state index is 0.460. The van der Waals surface area contributed by atoms with E-state index in [2.05, 4.69) is 0 Å². The van der Waals surface area contributed by atoms with E-state index in [1.165, 1.54) is 12.1 Å². The molecule has 2 N–H and O–H groups in total. The number of rotatable bonds is 3. The molecular formula is C11H14F3NO. The fourth-order valence-corrected chi connectivity index (χ4v) is 1.34. The molecule has 0 bridgehead atoms. The lowest BCUT2D eigenvalue weighted by Crippen LogP contribution is -2.30. The van der Waals surface area contributed by atoms with Gasteiger partial charge in [0, 0.05) is 6.42 Å². The molecule has 0 saturated carbocycles. The maximum absolute atomic E-state index is 12.3. The van der Waals surface area contributed by atoms with Gasteiger partial charge in [0.15, 0.2) is 0 Å². The Bertz CT molecular complexity index is 343. The average molecular weight is 233 g/mol. The molecule has 0 fully saturated rings. The standard InChI is InChI=1S/C11H14F3NO/c1-10(2,16-15)7-8-3-5-9(6-4-8)11(12,13)14/h3-6H,7,15H2,1-2H3. The van der Waals surface area contributed by atoms with Crippen LogP contribution in [0.4, 0.5) is 13.2 Å². The van der Waals surface area contributed by atoms with Gasteiger partial charge in [-0.25, -0.2) is 5.90 Å². The Morgan fingerprint density at radius 1 is 1.12 bits per heavy atom. The number of alkyl halides is 3. The van der Waals surface area contributed by atoms with Crippen molar-refractivity contribution in [3.8, 4) is 0 Å². The highest BCUT2D eigenvalue weighted by atomic mass is 19.4. The van der Waals surface area contributed by atoms with Crippen molar-refractivity contribution in [3.63, 3.8) is 0 Å². The SMILES string of the molecule is CC(C)(Cc1ccc(C(F)(F)F)cc1)ON. The van der Waals surface area contributed by atoms with E-state index in [4.69, 9.17) is 10.7 Å². The Balaban J connectivity index is 2.80. The molecule has 0 saturated heterocycles. The van der Waals surface area contributed by atoms with E-state index in [1.54, 1.807) is 13.8 Å². The third-order valence-electron chi connectivity index (χ3n) is 2.23. The lowest BCUT2D eigenvalue weighted by atomic mass is 9.98. The first-order valence-electron chi connectivity index (χ1n) is 4.79. The van der Waals surface area contributed by atoms with Gasteiger partial charge in [-0.15, -0.1) is 0 Å². The zero-order chi connectivity index (χ0) is 12.4. The third-order valence-corrected chi connectivity index (χ3v) is 2.23. The molecule has 0 aromatic heterocycles. The zero-order valence-electron chi connectivity index (χ0n) is 9.14. The minimum atomic E-state index is -4.29. The number of nitrogens with two attached hydrogens (primary N) is 1. The number of hydrogen-bond acceptors (Lipinski definition) is 2. The molecule has 0 radical (unpaired) electrons. The quantitative estimate of drug-likeness (QED) is 0.815. The monoisotopic (exact) mass is 233 g/mol. The second-order valence-electron chi connectivity index (χ2n) is 4.25. The van der Waals surface area contributed by atoms with Crippen LogP contribution in [-0.4, -0.2) is 5.60 Å². The Morgan fingerprint density at radius 2 is 1.62 bits per heavy atom. The van der Waals surface area contributed by atoms with Gasteiger partial charge >= 0.3 is 6.18 Å². The molecule has 0 spiro atoms. The molecule has 0 aliphatic carbocycles. The summed E-state index contributed by atoms with van der Waals surface area (Å²) in [6.45, 7) is 3.54. The van der Waals surface area contributed by atoms with Crippen LogP contribution < -0.4 is 5.90 Å². The summed E-state index contributed by atoms with van der Waals surface area (Å²) >= 11 is 0. The first-order chi connectivity index (χ1) is 7.24. The van der Waals surface area contributed by atoms with Crippen LogP contribution in [-0.2, 0) is 17.4 Å². The highest BCUT2D eigenvalue weighted by Crippen LogP contribution is 2.29. The van der Waals surface area contributed by atoms with Crippen LogP contribution in [0.5, 0.6) is 0 Å². The second kappa shape index (κ2) is 4.43. The smallest absolute Gasteiger partial charge is 0.298 e. The molecule has 1 rings (SSSR count). The Morgan fingerprint density at radius 3 is 2.00 bits per heavy atom. The molecule has 1 aromatic rings. The van der Waals surface area contributed by atoms with E-state index < -0.39 is 17.3 Å². The lowest BCUT2D eigenvalue weighted by molar-refractivity contribution is -0.137. The Labute approximate surface area is 92.2 Å². The summed E-state index contributed by atoms with van der Waals surface area (Å²) in [4.78, 5) is 4.72. The second-order valence-corrected chi connectivity index (χ2v) is 4.25. The van der Waals surface area contributed by atoms with Crippen LogP contribution in [0.3, 0.4) is 0 Å². The molecule has 16 heavy (non-hydrogen) atoms. The Kier molecular flexibility index (Phi) is 3.60. The highest BCUT2D eigenvalue weighted by molar-refractivity contribution is 5.25. The van der Waals surface area contributed by atoms with Crippen molar-refractivity contribution >= 4 is 0 Å². The summed E-state index contributed by atoms with van der Waals surface area (Å²) < 4.78 is 36.8. The predicted octanol–water partition coefficient (Wildman–Crippen LogP) is 2.92. The van der Waals surface area contributed by atoms with E-state index in [1.807, 2.05) is 0 Å². The van der Waals surface area contributed by atoms with Crippen molar-refractivity contribution in [2.45, 2.75) is 32.0 Å². The van der Waals surface area contributed by atoms with E-state index in [-0.39, 0.29) is 0 Å².